The zero-order chi connectivity index (χ0) is 23.5. The number of nitrogens with one attached hydrogen (secondary N) is 1. The van der Waals surface area contributed by atoms with Crippen LogP contribution in [0.25, 0.3) is 5.57 Å². The van der Waals surface area contributed by atoms with E-state index < -0.39 is 6.04 Å². The molecule has 4 rings (SSSR count). The van der Waals surface area contributed by atoms with Crippen LogP contribution in [0.4, 0.5) is 0 Å². The lowest BCUT2D eigenvalue weighted by Crippen LogP contribution is -2.46. The van der Waals surface area contributed by atoms with Crippen LogP contribution in [0.3, 0.4) is 0 Å². The zero-order valence-electron chi connectivity index (χ0n) is 19.6. The minimum Gasteiger partial charge on any atom is -0.341 e. The molecular weight excluding hydrogens is 414 g/mol. The first kappa shape index (κ1) is 23.4. The summed E-state index contributed by atoms with van der Waals surface area (Å²) in [6, 6.07) is -0.506. The molecule has 1 saturated heterocycles. The van der Waals surface area contributed by atoms with Gasteiger partial charge in [0, 0.05) is 6.54 Å². The van der Waals surface area contributed by atoms with E-state index in [1.807, 2.05) is 31.0 Å². The quantitative estimate of drug-likeness (QED) is 0.590. The van der Waals surface area contributed by atoms with Crippen molar-refractivity contribution in [2.45, 2.75) is 64.5 Å². The molecule has 2 unspecified atom stereocenters. The normalized spacial score (nSPS) is 22.0. The second-order valence-corrected chi connectivity index (χ2v) is 9.54. The molecule has 0 bridgehead atoms. The van der Waals surface area contributed by atoms with Crippen molar-refractivity contribution in [2.24, 2.45) is 17.4 Å². The van der Waals surface area contributed by atoms with E-state index in [1.54, 1.807) is 0 Å². The highest BCUT2D eigenvalue weighted by atomic mass is 16.2. The topological polar surface area (TPSA) is 118 Å². The van der Waals surface area contributed by atoms with Crippen molar-refractivity contribution >= 4 is 17.3 Å². The number of Topliss-reactive ketones (excluding diaryl/α,β-unsaturated/α-hetero) is 1. The van der Waals surface area contributed by atoms with Gasteiger partial charge in [0.05, 0.1) is 30.5 Å². The Labute approximate surface area is 195 Å². The third-order valence-electron chi connectivity index (χ3n) is 7.05. The number of ketones is 1. The number of carbonyl (C=O) groups is 2. The van der Waals surface area contributed by atoms with Gasteiger partial charge in [-0.2, -0.15) is 0 Å². The number of hydrogen-bond donors (Lipinski definition) is 3. The molecule has 0 saturated carbocycles. The number of hydrogen-bond acceptors (Lipinski definition) is 5. The molecule has 1 aromatic heterocycles. The molecule has 0 aromatic carbocycles. The fourth-order valence-electron chi connectivity index (χ4n) is 4.86. The minimum absolute atomic E-state index is 0.0148. The largest absolute Gasteiger partial charge is 0.341 e. The second kappa shape index (κ2) is 10.0. The van der Waals surface area contributed by atoms with Gasteiger partial charge in [0.25, 0.3) is 0 Å². The molecule has 5 N–H and O–H groups in total. The second-order valence-electron chi connectivity index (χ2n) is 9.54. The minimum atomic E-state index is -0.474. The molecule has 1 aliphatic heterocycles. The lowest BCUT2D eigenvalue weighted by atomic mass is 9.86. The predicted molar refractivity (Wildman–Crippen MR) is 130 cm³/mol. The molecule has 1 amide bonds. The van der Waals surface area contributed by atoms with Gasteiger partial charge in [-0.15, -0.1) is 0 Å². The zero-order valence-corrected chi connectivity index (χ0v) is 19.6. The Morgan fingerprint density at radius 3 is 2.36 bits per heavy atom. The highest BCUT2D eigenvalue weighted by Crippen LogP contribution is 2.35. The van der Waals surface area contributed by atoms with E-state index in [1.165, 1.54) is 16.7 Å². The highest BCUT2D eigenvalue weighted by molar-refractivity contribution is 5.97. The maximum absolute atomic E-state index is 12.8. The van der Waals surface area contributed by atoms with Gasteiger partial charge in [-0.3, -0.25) is 9.59 Å². The van der Waals surface area contributed by atoms with Gasteiger partial charge in [-0.05, 0) is 66.7 Å². The first-order chi connectivity index (χ1) is 15.9. The number of carbonyl (C=O) groups excluding carboxylic acids is 2. The van der Waals surface area contributed by atoms with Gasteiger partial charge in [-0.25, -0.2) is 4.98 Å². The molecule has 3 aliphatic rings. The van der Waals surface area contributed by atoms with Gasteiger partial charge < -0.3 is 21.4 Å². The lowest BCUT2D eigenvalue weighted by molar-refractivity contribution is -0.134. The maximum atomic E-state index is 12.8. The Morgan fingerprint density at radius 2 is 1.76 bits per heavy atom. The van der Waals surface area contributed by atoms with Crippen LogP contribution in [0.5, 0.6) is 0 Å². The molecule has 0 radical (unpaired) electrons. The van der Waals surface area contributed by atoms with Gasteiger partial charge in [0.2, 0.25) is 5.91 Å². The van der Waals surface area contributed by atoms with E-state index in [-0.39, 0.29) is 30.2 Å². The third-order valence-corrected chi connectivity index (χ3v) is 7.05. The summed E-state index contributed by atoms with van der Waals surface area (Å²) >= 11 is 0. The summed E-state index contributed by atoms with van der Waals surface area (Å²) in [5.74, 6) is 1.01. The molecule has 2 aliphatic carbocycles. The van der Waals surface area contributed by atoms with Crippen molar-refractivity contribution in [2.75, 3.05) is 13.1 Å². The number of rotatable bonds is 7. The van der Waals surface area contributed by atoms with Crippen molar-refractivity contribution in [3.63, 3.8) is 0 Å². The van der Waals surface area contributed by atoms with Gasteiger partial charge in [0.15, 0.2) is 5.78 Å². The molecule has 2 atom stereocenters. The molecule has 2 heterocycles. The number of H-pyrrole nitrogens is 1. The fourth-order valence-corrected chi connectivity index (χ4v) is 4.86. The van der Waals surface area contributed by atoms with E-state index in [2.05, 4.69) is 28.2 Å². The van der Waals surface area contributed by atoms with Crippen LogP contribution < -0.4 is 11.5 Å². The fraction of sp³-hybridized carbons (Fsp3) is 0.500. The standard InChI is InChI=1S/C26H35N5O2/c1-16(2)24(28)26(33)31-13-3-4-22(31)25-29-15-21(30-25)19-9-5-17(6-10-19)18-7-11-20(12-8-18)23(32)14-27/h5,7,9,11,15-16,22,24H,3-4,6,8,10,12-14,27-28H2,1-2H3,(H,29,30). The van der Waals surface area contributed by atoms with E-state index in [0.717, 1.165) is 62.2 Å². The summed E-state index contributed by atoms with van der Waals surface area (Å²) in [4.78, 5) is 34.6. The van der Waals surface area contributed by atoms with E-state index in [4.69, 9.17) is 11.5 Å². The summed E-state index contributed by atoms with van der Waals surface area (Å²) in [5.41, 5.74) is 17.3. The number of aromatic nitrogens is 2. The molecule has 1 fully saturated rings. The number of likely N-dealkylation sites (tertiary alicyclic amines) is 1. The van der Waals surface area contributed by atoms with Gasteiger partial charge in [0.1, 0.15) is 5.82 Å². The van der Waals surface area contributed by atoms with Crippen LogP contribution in [0.2, 0.25) is 0 Å². The average Bonchev–Trinajstić information content (AvgIpc) is 3.52. The number of aromatic amines is 1. The lowest BCUT2D eigenvalue weighted by Gasteiger charge is -2.27. The molecule has 0 spiro atoms. The van der Waals surface area contributed by atoms with Crippen LogP contribution in [0.15, 0.2) is 47.2 Å². The summed E-state index contributed by atoms with van der Waals surface area (Å²) < 4.78 is 0. The van der Waals surface area contributed by atoms with Crippen LogP contribution >= 0.6 is 0 Å². The van der Waals surface area contributed by atoms with Crippen LogP contribution in [0, 0.1) is 5.92 Å². The Hall–Kier alpha value is -2.77. The molecule has 176 valence electrons. The smallest absolute Gasteiger partial charge is 0.240 e. The van der Waals surface area contributed by atoms with Crippen molar-refractivity contribution in [1.29, 1.82) is 0 Å². The monoisotopic (exact) mass is 449 g/mol. The van der Waals surface area contributed by atoms with Crippen LogP contribution in [-0.4, -0.2) is 45.7 Å². The van der Waals surface area contributed by atoms with E-state index in [9.17, 15) is 9.59 Å². The Morgan fingerprint density at radius 1 is 1.09 bits per heavy atom. The molecule has 7 nitrogen and oxygen atoms in total. The van der Waals surface area contributed by atoms with E-state index >= 15 is 0 Å². The number of amides is 1. The van der Waals surface area contributed by atoms with E-state index in [0.29, 0.717) is 0 Å². The number of allylic oxidation sites excluding steroid dienone is 7. The Bertz CT molecular complexity index is 1040. The van der Waals surface area contributed by atoms with Crippen molar-refractivity contribution in [3.8, 4) is 0 Å². The Kier molecular flexibility index (Phi) is 7.10. The van der Waals surface area contributed by atoms with Crippen molar-refractivity contribution in [1.82, 2.24) is 14.9 Å². The van der Waals surface area contributed by atoms with Crippen LogP contribution in [0.1, 0.15) is 69.9 Å². The predicted octanol–water partition coefficient (Wildman–Crippen LogP) is 3.33. The third kappa shape index (κ3) is 4.94. The number of nitrogens with two attached hydrogens (primary N) is 2. The summed E-state index contributed by atoms with van der Waals surface area (Å²) in [5, 5.41) is 0. The SMILES string of the molecule is CC(C)C(N)C(=O)N1CCCC1c1ncc(C2=CC=C(C3=CC=C(C(=O)CN)CC3)CC2)[nH]1. The molecular formula is C26H35N5O2. The summed E-state index contributed by atoms with van der Waals surface area (Å²) in [7, 11) is 0. The summed E-state index contributed by atoms with van der Waals surface area (Å²) in [6.07, 6.45) is 15.6. The maximum Gasteiger partial charge on any atom is 0.240 e. The highest BCUT2D eigenvalue weighted by Gasteiger charge is 2.35. The van der Waals surface area contributed by atoms with Crippen LogP contribution in [-0.2, 0) is 9.59 Å². The van der Waals surface area contributed by atoms with Gasteiger partial charge in [-0.1, -0.05) is 38.2 Å². The molecule has 1 aromatic rings. The summed E-state index contributed by atoms with van der Waals surface area (Å²) in [6.45, 7) is 4.77. The number of imidazole rings is 1. The van der Waals surface area contributed by atoms with Crippen molar-refractivity contribution in [3.05, 3.63) is 58.7 Å². The first-order valence-electron chi connectivity index (χ1n) is 12.0. The van der Waals surface area contributed by atoms with Crippen molar-refractivity contribution < 1.29 is 9.59 Å². The average molecular weight is 450 g/mol. The number of nitrogens with zero attached hydrogens (tertiary/aromatic N) is 2. The Balaban J connectivity index is 1.46. The molecule has 33 heavy (non-hydrogen) atoms. The first-order valence-corrected chi connectivity index (χ1v) is 12.0. The molecule has 7 heteroatoms. The van der Waals surface area contributed by atoms with Gasteiger partial charge >= 0.3 is 0 Å².